The summed E-state index contributed by atoms with van der Waals surface area (Å²) in [5.41, 5.74) is 10.4. The number of benzene rings is 1. The largest absolute Gasteiger partial charge is 0.330 e. The summed E-state index contributed by atoms with van der Waals surface area (Å²) in [7, 11) is 0. The molecule has 1 aliphatic rings. The molecule has 1 nitrogen and oxygen atoms in total. The minimum absolute atomic E-state index is 0.517. The van der Waals surface area contributed by atoms with Crippen LogP contribution in [0.4, 0.5) is 0 Å². The van der Waals surface area contributed by atoms with Gasteiger partial charge in [0.05, 0.1) is 0 Å². The predicted octanol–water partition coefficient (Wildman–Crippen LogP) is 2.63. The maximum absolute atomic E-state index is 5.74. The molecule has 0 aliphatic heterocycles. The third-order valence-electron chi connectivity index (χ3n) is 3.32. The lowest BCUT2D eigenvalue weighted by atomic mass is 9.84. The highest BCUT2D eigenvalue weighted by atomic mass is 14.5. The Hall–Kier alpha value is -0.820. The van der Waals surface area contributed by atoms with Crippen LogP contribution in [0.25, 0.3) is 0 Å². The van der Waals surface area contributed by atoms with Crippen LogP contribution in [-0.4, -0.2) is 6.54 Å². The molecule has 1 aromatic carbocycles. The van der Waals surface area contributed by atoms with Gasteiger partial charge in [0, 0.05) is 0 Å². The molecule has 0 fully saturated rings. The molecule has 0 heterocycles. The molecule has 76 valence electrons. The molecule has 2 N–H and O–H groups in total. The van der Waals surface area contributed by atoms with Crippen molar-refractivity contribution in [1.82, 2.24) is 0 Å². The van der Waals surface area contributed by atoms with Crippen LogP contribution in [0.1, 0.15) is 42.4 Å². The maximum atomic E-state index is 5.74. The molecule has 0 radical (unpaired) electrons. The molecule has 1 aromatic rings. The topological polar surface area (TPSA) is 26.0 Å². The molecule has 2 rings (SSSR count). The second-order valence-corrected chi connectivity index (χ2v) is 4.33. The number of rotatable bonds is 2. The summed E-state index contributed by atoms with van der Waals surface area (Å²) in [6.07, 6.45) is 5.23. The first-order valence-electron chi connectivity index (χ1n) is 5.63. The van der Waals surface area contributed by atoms with E-state index in [2.05, 4.69) is 25.1 Å². The molecule has 0 spiro atoms. The van der Waals surface area contributed by atoms with Crippen LogP contribution in [-0.2, 0) is 12.8 Å². The van der Waals surface area contributed by atoms with Gasteiger partial charge in [-0.25, -0.2) is 0 Å². The van der Waals surface area contributed by atoms with Crippen molar-refractivity contribution >= 4 is 0 Å². The van der Waals surface area contributed by atoms with Crippen LogP contribution in [0.2, 0.25) is 0 Å². The average Bonchev–Trinajstić information content (AvgIpc) is 2.27. The van der Waals surface area contributed by atoms with Crippen molar-refractivity contribution in [3.8, 4) is 0 Å². The summed E-state index contributed by atoms with van der Waals surface area (Å²) < 4.78 is 0. The van der Waals surface area contributed by atoms with Gasteiger partial charge in [0.2, 0.25) is 0 Å². The first-order chi connectivity index (χ1) is 6.83. The van der Waals surface area contributed by atoms with Crippen LogP contribution >= 0.6 is 0 Å². The molecule has 0 saturated carbocycles. The Morgan fingerprint density at radius 3 is 2.86 bits per heavy atom. The molecule has 1 heteroatoms. The SMILES string of the molecule is CC(CN)c1cccc2c1CCCC2. The molecule has 0 bridgehead atoms. The highest BCUT2D eigenvalue weighted by Gasteiger charge is 2.15. The molecule has 14 heavy (non-hydrogen) atoms. The normalized spacial score (nSPS) is 17.6. The molecule has 1 atom stereocenters. The van der Waals surface area contributed by atoms with Crippen LogP contribution < -0.4 is 5.73 Å². The molecule has 0 amide bonds. The Morgan fingerprint density at radius 2 is 2.07 bits per heavy atom. The van der Waals surface area contributed by atoms with Gasteiger partial charge in [0.15, 0.2) is 0 Å². The van der Waals surface area contributed by atoms with E-state index in [1.165, 1.54) is 31.2 Å². The second kappa shape index (κ2) is 4.14. The fraction of sp³-hybridized carbons (Fsp3) is 0.538. The van der Waals surface area contributed by atoms with Crippen LogP contribution in [0.15, 0.2) is 18.2 Å². The average molecular weight is 189 g/mol. The van der Waals surface area contributed by atoms with Crippen molar-refractivity contribution in [3.63, 3.8) is 0 Å². The van der Waals surface area contributed by atoms with E-state index in [1.807, 2.05) is 0 Å². The van der Waals surface area contributed by atoms with E-state index in [4.69, 9.17) is 5.73 Å². The fourth-order valence-electron chi connectivity index (χ4n) is 2.40. The zero-order valence-corrected chi connectivity index (χ0v) is 8.92. The van der Waals surface area contributed by atoms with Crippen molar-refractivity contribution in [2.45, 2.75) is 38.5 Å². The molecular formula is C13H19N. The Bertz CT molecular complexity index is 317. The van der Waals surface area contributed by atoms with Crippen molar-refractivity contribution in [1.29, 1.82) is 0 Å². The lowest BCUT2D eigenvalue weighted by molar-refractivity contribution is 0.663. The van der Waals surface area contributed by atoms with Gasteiger partial charge in [-0.15, -0.1) is 0 Å². The third-order valence-corrected chi connectivity index (χ3v) is 3.32. The van der Waals surface area contributed by atoms with Crippen molar-refractivity contribution < 1.29 is 0 Å². The number of nitrogens with two attached hydrogens (primary N) is 1. The number of aryl methyl sites for hydroxylation is 1. The van der Waals surface area contributed by atoms with Gasteiger partial charge in [-0.05, 0) is 54.8 Å². The first kappa shape index (κ1) is 9.72. The van der Waals surface area contributed by atoms with Gasteiger partial charge in [-0.2, -0.15) is 0 Å². The van der Waals surface area contributed by atoms with Crippen LogP contribution in [0.3, 0.4) is 0 Å². The number of hydrogen-bond acceptors (Lipinski definition) is 1. The Balaban J connectivity index is 2.39. The van der Waals surface area contributed by atoms with E-state index in [-0.39, 0.29) is 0 Å². The fourth-order valence-corrected chi connectivity index (χ4v) is 2.40. The predicted molar refractivity (Wildman–Crippen MR) is 60.6 cm³/mol. The molecular weight excluding hydrogens is 170 g/mol. The van der Waals surface area contributed by atoms with Gasteiger partial charge in [0.1, 0.15) is 0 Å². The van der Waals surface area contributed by atoms with E-state index < -0.39 is 0 Å². The highest BCUT2D eigenvalue weighted by Crippen LogP contribution is 2.28. The summed E-state index contributed by atoms with van der Waals surface area (Å²) in [5.74, 6) is 0.517. The molecule has 0 saturated heterocycles. The summed E-state index contributed by atoms with van der Waals surface area (Å²) >= 11 is 0. The van der Waals surface area contributed by atoms with E-state index in [0.29, 0.717) is 5.92 Å². The zero-order valence-electron chi connectivity index (χ0n) is 8.92. The highest BCUT2D eigenvalue weighted by molar-refractivity contribution is 5.39. The lowest BCUT2D eigenvalue weighted by Crippen LogP contribution is -2.14. The Kier molecular flexibility index (Phi) is 2.87. The second-order valence-electron chi connectivity index (χ2n) is 4.33. The Labute approximate surface area is 86.3 Å². The monoisotopic (exact) mass is 189 g/mol. The van der Waals surface area contributed by atoms with Crippen LogP contribution in [0.5, 0.6) is 0 Å². The number of hydrogen-bond donors (Lipinski definition) is 1. The van der Waals surface area contributed by atoms with Crippen LogP contribution in [0, 0.1) is 0 Å². The molecule has 0 aromatic heterocycles. The summed E-state index contributed by atoms with van der Waals surface area (Å²) in [5, 5.41) is 0. The van der Waals surface area contributed by atoms with Gasteiger partial charge in [-0.3, -0.25) is 0 Å². The summed E-state index contributed by atoms with van der Waals surface area (Å²) in [6, 6.07) is 6.72. The van der Waals surface area contributed by atoms with Crippen molar-refractivity contribution in [2.24, 2.45) is 5.73 Å². The minimum atomic E-state index is 0.517. The third kappa shape index (κ3) is 1.69. The zero-order chi connectivity index (χ0) is 9.97. The molecule has 1 unspecified atom stereocenters. The van der Waals surface area contributed by atoms with Gasteiger partial charge in [0.25, 0.3) is 0 Å². The van der Waals surface area contributed by atoms with E-state index >= 15 is 0 Å². The minimum Gasteiger partial charge on any atom is -0.330 e. The number of fused-ring (bicyclic) bond motifs is 1. The van der Waals surface area contributed by atoms with Gasteiger partial charge < -0.3 is 5.73 Å². The standard InChI is InChI=1S/C13H19N/c1-10(9-14)12-8-4-6-11-5-2-3-7-13(11)12/h4,6,8,10H,2-3,5,7,9,14H2,1H3. The van der Waals surface area contributed by atoms with E-state index in [9.17, 15) is 0 Å². The molecule has 1 aliphatic carbocycles. The Morgan fingerprint density at radius 1 is 1.29 bits per heavy atom. The quantitative estimate of drug-likeness (QED) is 0.760. The first-order valence-corrected chi connectivity index (χ1v) is 5.63. The summed E-state index contributed by atoms with van der Waals surface area (Å²) in [4.78, 5) is 0. The van der Waals surface area contributed by atoms with Crippen molar-refractivity contribution in [2.75, 3.05) is 6.54 Å². The smallest absolute Gasteiger partial charge is 0.00108 e. The van der Waals surface area contributed by atoms with Gasteiger partial charge in [-0.1, -0.05) is 25.1 Å². The van der Waals surface area contributed by atoms with E-state index in [1.54, 1.807) is 11.1 Å². The van der Waals surface area contributed by atoms with Crippen molar-refractivity contribution in [3.05, 3.63) is 34.9 Å². The maximum Gasteiger partial charge on any atom is -0.00108 e. The summed E-state index contributed by atoms with van der Waals surface area (Å²) in [6.45, 7) is 2.99. The van der Waals surface area contributed by atoms with Gasteiger partial charge >= 0.3 is 0 Å². The van der Waals surface area contributed by atoms with E-state index in [0.717, 1.165) is 6.54 Å². The lowest BCUT2D eigenvalue weighted by Gasteiger charge is -2.22.